The Kier molecular flexibility index (Phi) is 7.78. The molecule has 3 aromatic carbocycles. The third kappa shape index (κ3) is 5.75. The van der Waals surface area contributed by atoms with E-state index in [0.717, 1.165) is 24.8 Å². The summed E-state index contributed by atoms with van der Waals surface area (Å²) in [6, 6.07) is 19.9. The lowest BCUT2D eigenvalue weighted by Crippen LogP contribution is -2.40. The lowest BCUT2D eigenvalue weighted by molar-refractivity contribution is -0.385. The second-order valence-electron chi connectivity index (χ2n) is 7.26. The molecule has 3 aromatic rings. The monoisotopic (exact) mass is 468 g/mol. The number of para-hydroxylation sites is 2. The molecular formula is C24H24N2O6S. The van der Waals surface area contributed by atoms with E-state index in [0.29, 0.717) is 4.31 Å². The van der Waals surface area contributed by atoms with Gasteiger partial charge in [-0.2, -0.15) is 4.31 Å². The summed E-state index contributed by atoms with van der Waals surface area (Å²) >= 11 is 0. The molecule has 0 aliphatic rings. The molecule has 0 N–H and O–H groups in total. The largest absolute Gasteiger partial charge is 0.477 e. The first-order valence-corrected chi connectivity index (χ1v) is 11.9. The normalized spacial score (nSPS) is 11.1. The molecule has 9 heteroatoms. The number of unbranched alkanes of at least 4 members (excludes halogenated alkanes) is 1. The minimum Gasteiger partial charge on any atom is -0.477 e. The number of nitro groups is 1. The molecular weight excluding hydrogens is 444 g/mol. The first kappa shape index (κ1) is 23.9. The topological polar surface area (TPSA) is 107 Å². The van der Waals surface area contributed by atoms with E-state index in [1.165, 1.54) is 36.4 Å². The third-order valence-electron chi connectivity index (χ3n) is 4.91. The van der Waals surface area contributed by atoms with Gasteiger partial charge in [-0.25, -0.2) is 8.42 Å². The molecule has 0 bridgehead atoms. The Balaban J connectivity index is 1.93. The van der Waals surface area contributed by atoms with Crippen LogP contribution in [0.25, 0.3) is 0 Å². The molecule has 0 fully saturated rings. The van der Waals surface area contributed by atoms with Crippen LogP contribution in [-0.4, -0.2) is 25.9 Å². The molecule has 8 nitrogen and oxygen atoms in total. The van der Waals surface area contributed by atoms with Crippen molar-refractivity contribution in [2.75, 3.05) is 10.9 Å². The van der Waals surface area contributed by atoms with Crippen molar-refractivity contribution >= 4 is 27.3 Å². The van der Waals surface area contributed by atoms with E-state index >= 15 is 0 Å². The van der Waals surface area contributed by atoms with Gasteiger partial charge in [0.25, 0.3) is 15.9 Å². The van der Waals surface area contributed by atoms with E-state index in [1.807, 2.05) is 0 Å². The highest BCUT2D eigenvalue weighted by molar-refractivity contribution is 7.93. The molecule has 0 aliphatic carbocycles. The zero-order chi connectivity index (χ0) is 23.8. The SMILES string of the molecule is CCCCc1ccc(N(C(=O)COc2ccccc2[N+](=O)[O-])S(=O)(=O)c2ccccc2)cc1. The number of carbonyl (C=O) groups is 1. The number of rotatable bonds is 10. The van der Waals surface area contributed by atoms with Crippen LogP contribution in [0.15, 0.2) is 83.8 Å². The summed E-state index contributed by atoms with van der Waals surface area (Å²) in [6.45, 7) is 1.38. The van der Waals surface area contributed by atoms with Gasteiger partial charge < -0.3 is 4.74 Å². The average Bonchev–Trinajstić information content (AvgIpc) is 2.83. The molecule has 0 radical (unpaired) electrons. The van der Waals surface area contributed by atoms with Crippen LogP contribution in [0, 0.1) is 10.1 Å². The van der Waals surface area contributed by atoms with Crippen LogP contribution in [0.2, 0.25) is 0 Å². The maximum absolute atomic E-state index is 13.4. The zero-order valence-electron chi connectivity index (χ0n) is 18.1. The molecule has 3 rings (SSSR count). The number of amides is 1. The number of carbonyl (C=O) groups excluding carboxylic acids is 1. The van der Waals surface area contributed by atoms with Gasteiger partial charge in [0.2, 0.25) is 0 Å². The number of hydrogen-bond donors (Lipinski definition) is 0. The Morgan fingerprint density at radius 1 is 0.970 bits per heavy atom. The van der Waals surface area contributed by atoms with Crippen molar-refractivity contribution in [3.05, 3.63) is 94.5 Å². The molecule has 33 heavy (non-hydrogen) atoms. The molecule has 0 spiro atoms. The predicted octanol–water partition coefficient (Wildman–Crippen LogP) is 4.74. The van der Waals surface area contributed by atoms with Crippen molar-refractivity contribution in [2.45, 2.75) is 31.1 Å². The predicted molar refractivity (Wildman–Crippen MR) is 125 cm³/mol. The third-order valence-corrected chi connectivity index (χ3v) is 6.67. The van der Waals surface area contributed by atoms with Crippen molar-refractivity contribution in [2.24, 2.45) is 0 Å². The van der Waals surface area contributed by atoms with Crippen molar-refractivity contribution in [3.8, 4) is 5.75 Å². The first-order chi connectivity index (χ1) is 15.8. The van der Waals surface area contributed by atoms with Gasteiger partial charge in [-0.3, -0.25) is 14.9 Å². The molecule has 0 saturated carbocycles. The van der Waals surface area contributed by atoms with Crippen molar-refractivity contribution in [1.82, 2.24) is 0 Å². The molecule has 0 heterocycles. The number of nitrogens with zero attached hydrogens (tertiary/aromatic N) is 2. The highest BCUT2D eigenvalue weighted by atomic mass is 32.2. The molecule has 1 amide bonds. The lowest BCUT2D eigenvalue weighted by Gasteiger charge is -2.23. The van der Waals surface area contributed by atoms with Crippen LogP contribution >= 0.6 is 0 Å². The number of sulfonamides is 1. The maximum atomic E-state index is 13.4. The van der Waals surface area contributed by atoms with Gasteiger partial charge in [-0.1, -0.05) is 55.8 Å². The summed E-state index contributed by atoms with van der Waals surface area (Å²) in [5.41, 5.74) is 0.875. The van der Waals surface area contributed by atoms with Crippen LogP contribution in [-0.2, 0) is 21.2 Å². The molecule has 0 unspecified atom stereocenters. The molecule has 0 saturated heterocycles. The van der Waals surface area contributed by atoms with Crippen LogP contribution in [0.4, 0.5) is 11.4 Å². The van der Waals surface area contributed by atoms with Crippen molar-refractivity contribution in [1.29, 1.82) is 0 Å². The summed E-state index contributed by atoms with van der Waals surface area (Å²) in [6.07, 6.45) is 2.86. The maximum Gasteiger partial charge on any atom is 0.310 e. The van der Waals surface area contributed by atoms with Crippen LogP contribution < -0.4 is 9.04 Å². The fraction of sp³-hybridized carbons (Fsp3) is 0.208. The number of aryl methyl sites for hydroxylation is 1. The number of anilines is 1. The molecule has 0 aromatic heterocycles. The molecule has 0 aliphatic heterocycles. The van der Waals surface area contributed by atoms with Gasteiger partial charge in [-0.15, -0.1) is 0 Å². The van der Waals surface area contributed by atoms with E-state index in [1.54, 1.807) is 42.5 Å². The second-order valence-corrected chi connectivity index (χ2v) is 9.05. The standard InChI is InChI=1S/C24H24N2O6S/c1-2-3-9-19-14-16-20(17-15-19)25(33(30,31)21-10-5-4-6-11-21)24(27)18-32-23-13-8-7-12-22(23)26(28)29/h4-8,10-17H,2-3,9,18H2,1H3. The Bertz CT molecular complexity index is 1210. The Morgan fingerprint density at radius 2 is 1.61 bits per heavy atom. The quantitative estimate of drug-likeness (QED) is 0.314. The minimum absolute atomic E-state index is 0.0564. The van der Waals surface area contributed by atoms with Gasteiger partial charge in [0.05, 0.1) is 15.5 Å². The van der Waals surface area contributed by atoms with Gasteiger partial charge in [0, 0.05) is 6.07 Å². The van der Waals surface area contributed by atoms with Gasteiger partial charge in [-0.05, 0) is 48.7 Å². The van der Waals surface area contributed by atoms with Crippen LogP contribution in [0.5, 0.6) is 5.75 Å². The van der Waals surface area contributed by atoms with E-state index in [9.17, 15) is 23.3 Å². The van der Waals surface area contributed by atoms with E-state index in [4.69, 9.17) is 4.74 Å². The van der Waals surface area contributed by atoms with Gasteiger partial charge in [0.1, 0.15) is 0 Å². The Hall–Kier alpha value is -3.72. The van der Waals surface area contributed by atoms with E-state index in [2.05, 4.69) is 6.92 Å². The van der Waals surface area contributed by atoms with E-state index in [-0.39, 0.29) is 22.0 Å². The summed E-state index contributed by atoms with van der Waals surface area (Å²) in [5.74, 6) is -0.999. The first-order valence-electron chi connectivity index (χ1n) is 10.4. The molecule has 172 valence electrons. The highest BCUT2D eigenvalue weighted by Crippen LogP contribution is 2.28. The smallest absolute Gasteiger partial charge is 0.310 e. The molecule has 0 atom stereocenters. The fourth-order valence-corrected chi connectivity index (χ4v) is 4.65. The van der Waals surface area contributed by atoms with Crippen molar-refractivity contribution < 1.29 is 22.9 Å². The number of nitro benzene ring substituents is 1. The Labute approximate surface area is 192 Å². The lowest BCUT2D eigenvalue weighted by atomic mass is 10.1. The number of ether oxygens (including phenoxy) is 1. The number of hydrogen-bond acceptors (Lipinski definition) is 6. The second kappa shape index (κ2) is 10.7. The summed E-state index contributed by atoms with van der Waals surface area (Å²) < 4.78 is 32.8. The van der Waals surface area contributed by atoms with E-state index < -0.39 is 27.5 Å². The summed E-state index contributed by atoms with van der Waals surface area (Å²) in [4.78, 5) is 23.6. The van der Waals surface area contributed by atoms with Crippen LogP contribution in [0.3, 0.4) is 0 Å². The highest BCUT2D eigenvalue weighted by Gasteiger charge is 2.31. The minimum atomic E-state index is -4.24. The summed E-state index contributed by atoms with van der Waals surface area (Å²) in [5, 5.41) is 11.2. The van der Waals surface area contributed by atoms with Gasteiger partial charge >= 0.3 is 5.69 Å². The average molecular weight is 469 g/mol. The van der Waals surface area contributed by atoms with Crippen LogP contribution in [0.1, 0.15) is 25.3 Å². The summed E-state index contributed by atoms with van der Waals surface area (Å²) in [7, 11) is -4.24. The fourth-order valence-electron chi connectivity index (χ4n) is 3.22. The van der Waals surface area contributed by atoms with Gasteiger partial charge in [0.15, 0.2) is 12.4 Å². The zero-order valence-corrected chi connectivity index (χ0v) is 18.9. The van der Waals surface area contributed by atoms with Crippen molar-refractivity contribution in [3.63, 3.8) is 0 Å². The Morgan fingerprint density at radius 3 is 2.24 bits per heavy atom. The number of benzene rings is 3.